The fraction of sp³-hybridized carbons (Fsp3) is 1.00. The third-order valence-corrected chi connectivity index (χ3v) is 3.41. The Morgan fingerprint density at radius 3 is 2.46 bits per heavy atom. The molecule has 0 aromatic carbocycles. The van der Waals surface area contributed by atoms with Gasteiger partial charge >= 0.3 is 5.76 Å². The minimum Gasteiger partial charge on any atom is -0.246 e. The summed E-state index contributed by atoms with van der Waals surface area (Å²) in [6.45, 7) is -0.445. The summed E-state index contributed by atoms with van der Waals surface area (Å²) < 4.78 is 58.8. The highest BCUT2D eigenvalue weighted by molar-refractivity contribution is 7.89. The van der Waals surface area contributed by atoms with E-state index < -0.39 is 28.5 Å². The molecule has 0 aromatic heterocycles. The summed E-state index contributed by atoms with van der Waals surface area (Å²) in [5, 5.41) is 0. The molecule has 78 valence electrons. The van der Waals surface area contributed by atoms with E-state index in [0.29, 0.717) is 10.7 Å². The zero-order valence-corrected chi connectivity index (χ0v) is 7.61. The molecule has 0 aliphatic carbocycles. The van der Waals surface area contributed by atoms with Crippen LogP contribution in [0.25, 0.3) is 0 Å². The molecule has 1 heterocycles. The van der Waals surface area contributed by atoms with Gasteiger partial charge in [-0.25, -0.2) is 12.8 Å². The first-order valence-electron chi connectivity index (χ1n) is 3.86. The molecule has 7 heteroatoms. The van der Waals surface area contributed by atoms with Gasteiger partial charge in [0.15, 0.2) is 0 Å². The fourth-order valence-corrected chi connectivity index (χ4v) is 2.21. The Morgan fingerprint density at radius 1 is 1.38 bits per heavy atom. The largest absolute Gasteiger partial charge is 0.350 e. The van der Waals surface area contributed by atoms with Crippen molar-refractivity contribution in [3.63, 3.8) is 0 Å². The Balaban J connectivity index is 2.71. The van der Waals surface area contributed by atoms with Gasteiger partial charge in [-0.3, -0.25) is 0 Å². The van der Waals surface area contributed by atoms with Crippen LogP contribution in [-0.2, 0) is 10.0 Å². The maximum atomic E-state index is 12.7. The molecular weight excluding hydrogens is 207 g/mol. The van der Waals surface area contributed by atoms with Gasteiger partial charge in [0.2, 0.25) is 0 Å². The third-order valence-electron chi connectivity index (χ3n) is 1.91. The lowest BCUT2D eigenvalue weighted by atomic mass is 10.1. The van der Waals surface area contributed by atoms with Crippen molar-refractivity contribution in [1.82, 2.24) is 4.31 Å². The molecule has 1 aliphatic rings. The molecule has 0 bridgehead atoms. The lowest BCUT2D eigenvalue weighted by Gasteiger charge is -2.27. The first-order valence-corrected chi connectivity index (χ1v) is 5.36. The molecule has 1 saturated heterocycles. The van der Waals surface area contributed by atoms with Crippen LogP contribution in [0.2, 0.25) is 0 Å². The number of hydrogen-bond acceptors (Lipinski definition) is 2. The molecule has 0 aromatic rings. The highest BCUT2D eigenvalue weighted by atomic mass is 32.2. The molecule has 0 unspecified atom stereocenters. The normalized spacial score (nSPS) is 26.6. The van der Waals surface area contributed by atoms with Crippen molar-refractivity contribution in [2.24, 2.45) is 0 Å². The Hall–Kier alpha value is -0.300. The summed E-state index contributed by atoms with van der Waals surface area (Å²) in [4.78, 5) is 0. The number of rotatable bonds is 2. The van der Waals surface area contributed by atoms with Gasteiger partial charge < -0.3 is 0 Å². The molecular formula is C6H10F3NO2S. The Morgan fingerprint density at radius 2 is 2.00 bits per heavy atom. The minimum absolute atomic E-state index is 0.00685. The van der Waals surface area contributed by atoms with E-state index in [1.807, 2.05) is 0 Å². The van der Waals surface area contributed by atoms with Crippen molar-refractivity contribution >= 4 is 10.0 Å². The number of alkyl halides is 3. The van der Waals surface area contributed by atoms with Gasteiger partial charge in [-0.05, 0) is 12.8 Å². The predicted molar refractivity (Wildman–Crippen MR) is 40.6 cm³/mol. The molecule has 1 aliphatic heterocycles. The standard InChI is InChI=1S/C6H10F3NO2S/c7-5-2-1-3-10(4-5)13(11,12)6(8)9/h5-6H,1-4H2/t5-/m0/s1. The second-order valence-corrected chi connectivity index (χ2v) is 4.81. The summed E-state index contributed by atoms with van der Waals surface area (Å²) in [5.41, 5.74) is 0. The first kappa shape index (κ1) is 10.8. The van der Waals surface area contributed by atoms with Gasteiger partial charge in [0.25, 0.3) is 10.0 Å². The molecule has 0 N–H and O–H groups in total. The summed E-state index contributed by atoms with van der Waals surface area (Å²) in [5.74, 6) is -3.45. The number of piperidine rings is 1. The Labute approximate surface area is 74.6 Å². The highest BCUT2D eigenvalue weighted by Crippen LogP contribution is 2.19. The third kappa shape index (κ3) is 2.34. The van der Waals surface area contributed by atoms with Crippen molar-refractivity contribution in [1.29, 1.82) is 0 Å². The van der Waals surface area contributed by atoms with Crippen molar-refractivity contribution in [3.05, 3.63) is 0 Å². The monoisotopic (exact) mass is 217 g/mol. The van der Waals surface area contributed by atoms with Gasteiger partial charge in [0, 0.05) is 13.1 Å². The number of sulfonamides is 1. The average molecular weight is 217 g/mol. The fourth-order valence-electron chi connectivity index (χ4n) is 1.24. The molecule has 0 radical (unpaired) electrons. The molecule has 1 atom stereocenters. The van der Waals surface area contributed by atoms with Gasteiger partial charge in [0.05, 0.1) is 0 Å². The van der Waals surface area contributed by atoms with Crippen molar-refractivity contribution in [2.45, 2.75) is 24.8 Å². The lowest BCUT2D eigenvalue weighted by Crippen LogP contribution is -2.43. The van der Waals surface area contributed by atoms with E-state index in [9.17, 15) is 21.6 Å². The van der Waals surface area contributed by atoms with Gasteiger partial charge in [-0.15, -0.1) is 0 Å². The van der Waals surface area contributed by atoms with Crippen LogP contribution in [-0.4, -0.2) is 37.7 Å². The Bertz CT molecular complexity index is 267. The molecule has 0 saturated carbocycles. The maximum absolute atomic E-state index is 12.7. The highest BCUT2D eigenvalue weighted by Gasteiger charge is 2.35. The summed E-state index contributed by atoms with van der Waals surface area (Å²) in [6, 6.07) is 0. The topological polar surface area (TPSA) is 37.4 Å². The smallest absolute Gasteiger partial charge is 0.246 e. The van der Waals surface area contributed by atoms with Crippen LogP contribution in [0.15, 0.2) is 0 Å². The number of nitrogens with zero attached hydrogens (tertiary/aromatic N) is 1. The lowest BCUT2D eigenvalue weighted by molar-refractivity contribution is 0.178. The van der Waals surface area contributed by atoms with Crippen LogP contribution in [0.3, 0.4) is 0 Å². The minimum atomic E-state index is -4.57. The summed E-state index contributed by atoms with van der Waals surface area (Å²) in [7, 11) is -4.57. The van der Waals surface area contributed by atoms with Crippen LogP contribution >= 0.6 is 0 Å². The Kier molecular flexibility index (Phi) is 3.18. The van der Waals surface area contributed by atoms with Crippen LogP contribution in [0, 0.1) is 0 Å². The van der Waals surface area contributed by atoms with Gasteiger partial charge in [-0.1, -0.05) is 0 Å². The molecule has 0 spiro atoms. The van der Waals surface area contributed by atoms with Gasteiger partial charge in [-0.2, -0.15) is 13.1 Å². The van der Waals surface area contributed by atoms with Crippen LogP contribution < -0.4 is 0 Å². The van der Waals surface area contributed by atoms with Crippen molar-refractivity contribution in [2.75, 3.05) is 13.1 Å². The van der Waals surface area contributed by atoms with Crippen LogP contribution in [0.1, 0.15) is 12.8 Å². The molecule has 3 nitrogen and oxygen atoms in total. The van der Waals surface area contributed by atoms with E-state index in [0.717, 1.165) is 0 Å². The quantitative estimate of drug-likeness (QED) is 0.691. The molecule has 0 amide bonds. The van der Waals surface area contributed by atoms with E-state index >= 15 is 0 Å². The van der Waals surface area contributed by atoms with E-state index in [1.54, 1.807) is 0 Å². The van der Waals surface area contributed by atoms with Gasteiger partial charge in [0.1, 0.15) is 6.17 Å². The van der Waals surface area contributed by atoms with E-state index in [4.69, 9.17) is 0 Å². The zero-order chi connectivity index (χ0) is 10.1. The molecule has 1 rings (SSSR count). The van der Waals surface area contributed by atoms with Crippen molar-refractivity contribution < 1.29 is 21.6 Å². The second-order valence-electron chi connectivity index (χ2n) is 2.90. The predicted octanol–water partition coefficient (Wildman–Crippen LogP) is 0.973. The number of halogens is 3. The van der Waals surface area contributed by atoms with Crippen LogP contribution in [0.4, 0.5) is 13.2 Å². The van der Waals surface area contributed by atoms with E-state index in [2.05, 4.69) is 0 Å². The van der Waals surface area contributed by atoms with Crippen molar-refractivity contribution in [3.8, 4) is 0 Å². The van der Waals surface area contributed by atoms with E-state index in [1.165, 1.54) is 0 Å². The average Bonchev–Trinajstić information content (AvgIpc) is 2.04. The summed E-state index contributed by atoms with van der Waals surface area (Å²) >= 11 is 0. The summed E-state index contributed by atoms with van der Waals surface area (Å²) in [6.07, 6.45) is -0.773. The SMILES string of the molecule is O=S(=O)(C(F)F)N1CCC[C@H](F)C1. The number of hydrogen-bond donors (Lipinski definition) is 0. The maximum Gasteiger partial charge on any atom is 0.350 e. The molecule has 1 fully saturated rings. The van der Waals surface area contributed by atoms with E-state index in [-0.39, 0.29) is 13.0 Å². The first-order chi connectivity index (χ1) is 5.94. The molecule has 13 heavy (non-hydrogen) atoms. The zero-order valence-electron chi connectivity index (χ0n) is 6.79. The van der Waals surface area contributed by atoms with Crippen LogP contribution in [0.5, 0.6) is 0 Å². The second kappa shape index (κ2) is 3.83.